The number of carbonyl (C=O) groups is 1. The maximum absolute atomic E-state index is 12.9. The zero-order chi connectivity index (χ0) is 19.5. The fourth-order valence-corrected chi connectivity index (χ4v) is 5.57. The van der Waals surface area contributed by atoms with Gasteiger partial charge < -0.3 is 28.8 Å². The topological polar surface area (TPSA) is 83.5 Å². The minimum atomic E-state index is -0.933. The van der Waals surface area contributed by atoms with Crippen LogP contribution in [0.4, 0.5) is 0 Å². The van der Waals surface area contributed by atoms with Gasteiger partial charge in [-0.25, -0.2) is 0 Å². The average molecular weight is 394 g/mol. The van der Waals surface area contributed by atoms with Crippen molar-refractivity contribution < 1.29 is 33.6 Å². The van der Waals surface area contributed by atoms with Crippen molar-refractivity contribution in [2.24, 2.45) is 5.92 Å². The van der Waals surface area contributed by atoms with Crippen molar-refractivity contribution in [3.8, 4) is 0 Å². The first-order chi connectivity index (χ1) is 13.4. The van der Waals surface area contributed by atoms with E-state index in [1.165, 1.54) is 0 Å². The third-order valence-electron chi connectivity index (χ3n) is 7.03. The van der Waals surface area contributed by atoms with Gasteiger partial charge in [-0.2, -0.15) is 0 Å². The molecule has 7 nitrogen and oxygen atoms in total. The van der Waals surface area contributed by atoms with Gasteiger partial charge in [-0.3, -0.25) is 4.79 Å². The normalized spacial score (nSPS) is 43.6. The van der Waals surface area contributed by atoms with Crippen molar-refractivity contribution in [2.75, 3.05) is 6.61 Å². The SMILES string of the molecule is C=C(C)C(=O)C1O[C@H]2OC3(CCCC3)O[C@@H]2[C@@H](O)[C@@H]1C1COC2(CCCC2)O1. The third-order valence-corrected chi connectivity index (χ3v) is 7.03. The van der Waals surface area contributed by atoms with Gasteiger partial charge in [-0.1, -0.05) is 6.58 Å². The van der Waals surface area contributed by atoms with E-state index in [2.05, 4.69) is 6.58 Å². The predicted molar refractivity (Wildman–Crippen MR) is 97.2 cm³/mol. The molecule has 3 aliphatic heterocycles. The van der Waals surface area contributed by atoms with E-state index >= 15 is 0 Å². The molecule has 0 bridgehead atoms. The van der Waals surface area contributed by atoms with E-state index < -0.39 is 48.2 Å². The zero-order valence-corrected chi connectivity index (χ0v) is 16.4. The largest absolute Gasteiger partial charge is 0.390 e. The van der Waals surface area contributed by atoms with Gasteiger partial charge in [0.05, 0.1) is 24.7 Å². The summed E-state index contributed by atoms with van der Waals surface area (Å²) >= 11 is 0. The number of fused-ring (bicyclic) bond motifs is 1. The van der Waals surface area contributed by atoms with Crippen LogP contribution < -0.4 is 0 Å². The molecule has 0 radical (unpaired) electrons. The molecule has 0 aromatic carbocycles. The molecule has 1 N–H and O–H groups in total. The summed E-state index contributed by atoms with van der Waals surface area (Å²) in [5, 5.41) is 11.3. The summed E-state index contributed by atoms with van der Waals surface area (Å²) in [6.07, 6.45) is 3.83. The second kappa shape index (κ2) is 6.86. The van der Waals surface area contributed by atoms with Gasteiger partial charge in [0, 0.05) is 25.7 Å². The fourth-order valence-electron chi connectivity index (χ4n) is 5.57. The molecule has 0 amide bonds. The first kappa shape index (κ1) is 19.2. The van der Waals surface area contributed by atoms with Gasteiger partial charge in [0.15, 0.2) is 23.6 Å². The molecular formula is C21H30O7. The Labute approximate surface area is 165 Å². The number of ketones is 1. The fraction of sp³-hybridized carbons (Fsp3) is 0.857. The zero-order valence-electron chi connectivity index (χ0n) is 16.4. The monoisotopic (exact) mass is 394 g/mol. The smallest absolute Gasteiger partial charge is 0.190 e. The number of aliphatic hydroxyl groups is 1. The Morgan fingerprint density at radius 3 is 2.29 bits per heavy atom. The van der Waals surface area contributed by atoms with E-state index in [-0.39, 0.29) is 5.78 Å². The Kier molecular flexibility index (Phi) is 4.69. The summed E-state index contributed by atoms with van der Waals surface area (Å²) < 4.78 is 30.7. The molecule has 2 saturated carbocycles. The molecule has 5 rings (SSSR count). The summed E-state index contributed by atoms with van der Waals surface area (Å²) in [5.41, 5.74) is 0.393. The number of hydrogen-bond acceptors (Lipinski definition) is 7. The highest BCUT2D eigenvalue weighted by atomic mass is 16.8. The average Bonchev–Trinajstić information content (AvgIpc) is 3.45. The molecule has 3 heterocycles. The van der Waals surface area contributed by atoms with Gasteiger partial charge >= 0.3 is 0 Å². The maximum atomic E-state index is 12.9. The number of Topliss-reactive ketones (excluding diaryl/α,β-unsaturated/α-hetero) is 1. The lowest BCUT2D eigenvalue weighted by Gasteiger charge is -2.42. The molecule has 28 heavy (non-hydrogen) atoms. The van der Waals surface area contributed by atoms with E-state index in [1.807, 2.05) is 0 Å². The van der Waals surface area contributed by atoms with Crippen molar-refractivity contribution in [1.82, 2.24) is 0 Å². The van der Waals surface area contributed by atoms with Crippen LogP contribution in [0.15, 0.2) is 12.2 Å². The molecule has 2 unspecified atom stereocenters. The van der Waals surface area contributed by atoms with Gasteiger partial charge in [0.2, 0.25) is 0 Å². The van der Waals surface area contributed by atoms with Gasteiger partial charge in [-0.15, -0.1) is 0 Å². The van der Waals surface area contributed by atoms with Crippen LogP contribution in [0.25, 0.3) is 0 Å². The summed E-state index contributed by atoms with van der Waals surface area (Å²) in [6, 6.07) is 0. The summed E-state index contributed by atoms with van der Waals surface area (Å²) in [4.78, 5) is 12.9. The van der Waals surface area contributed by atoms with E-state index in [0.717, 1.165) is 51.4 Å². The second-order valence-corrected chi connectivity index (χ2v) is 9.04. The molecule has 5 fully saturated rings. The summed E-state index contributed by atoms with van der Waals surface area (Å²) in [5.74, 6) is -2.07. The highest BCUT2D eigenvalue weighted by Gasteiger charge is 2.61. The third kappa shape index (κ3) is 2.99. The van der Waals surface area contributed by atoms with Crippen LogP contribution in [-0.2, 0) is 28.5 Å². The first-order valence-corrected chi connectivity index (χ1v) is 10.6. The molecule has 156 valence electrons. The molecule has 3 saturated heterocycles. The van der Waals surface area contributed by atoms with Gasteiger partial charge in [0.25, 0.3) is 0 Å². The van der Waals surface area contributed by atoms with Crippen molar-refractivity contribution in [3.05, 3.63) is 12.2 Å². The Hall–Kier alpha value is -0.830. The van der Waals surface area contributed by atoms with Crippen LogP contribution in [0, 0.1) is 5.92 Å². The Bertz CT molecular complexity index is 649. The molecule has 6 atom stereocenters. The van der Waals surface area contributed by atoms with E-state index in [1.54, 1.807) is 6.92 Å². The molecule has 2 aliphatic carbocycles. The number of aliphatic hydroxyl groups excluding tert-OH is 1. The molecule has 5 aliphatic rings. The molecular weight excluding hydrogens is 364 g/mol. The minimum absolute atomic E-state index is 0.227. The van der Waals surface area contributed by atoms with Crippen molar-refractivity contribution in [1.29, 1.82) is 0 Å². The number of ether oxygens (including phenoxy) is 5. The Morgan fingerprint density at radius 2 is 1.64 bits per heavy atom. The van der Waals surface area contributed by atoms with Gasteiger partial charge in [0.1, 0.15) is 12.2 Å². The summed E-state index contributed by atoms with van der Waals surface area (Å²) in [7, 11) is 0. The van der Waals surface area contributed by atoms with Crippen molar-refractivity contribution >= 4 is 5.78 Å². The van der Waals surface area contributed by atoms with Crippen LogP contribution >= 0.6 is 0 Å². The van der Waals surface area contributed by atoms with Crippen LogP contribution in [-0.4, -0.2) is 59.8 Å². The number of carbonyl (C=O) groups excluding carboxylic acids is 1. The Morgan fingerprint density at radius 1 is 1.00 bits per heavy atom. The highest BCUT2D eigenvalue weighted by molar-refractivity contribution is 5.98. The Balaban J connectivity index is 1.42. The van der Waals surface area contributed by atoms with Crippen molar-refractivity contribution in [3.63, 3.8) is 0 Å². The van der Waals surface area contributed by atoms with E-state index in [4.69, 9.17) is 23.7 Å². The first-order valence-electron chi connectivity index (χ1n) is 10.6. The van der Waals surface area contributed by atoms with Crippen LogP contribution in [0.5, 0.6) is 0 Å². The number of rotatable bonds is 3. The van der Waals surface area contributed by atoms with Crippen molar-refractivity contribution in [2.45, 2.75) is 101 Å². The highest BCUT2D eigenvalue weighted by Crippen LogP contribution is 2.49. The molecule has 0 aromatic rings. The van der Waals surface area contributed by atoms with Crippen LogP contribution in [0.3, 0.4) is 0 Å². The lowest BCUT2D eigenvalue weighted by molar-refractivity contribution is -0.251. The lowest BCUT2D eigenvalue weighted by Crippen LogP contribution is -2.59. The maximum Gasteiger partial charge on any atom is 0.190 e. The van der Waals surface area contributed by atoms with E-state index in [0.29, 0.717) is 12.2 Å². The van der Waals surface area contributed by atoms with Crippen LogP contribution in [0.1, 0.15) is 58.3 Å². The number of hydrogen-bond donors (Lipinski definition) is 1. The second-order valence-electron chi connectivity index (χ2n) is 9.04. The summed E-state index contributed by atoms with van der Waals surface area (Å²) in [6.45, 7) is 5.79. The van der Waals surface area contributed by atoms with Crippen LogP contribution in [0.2, 0.25) is 0 Å². The molecule has 2 spiro atoms. The molecule has 7 heteroatoms. The quantitative estimate of drug-likeness (QED) is 0.735. The van der Waals surface area contributed by atoms with E-state index in [9.17, 15) is 9.90 Å². The van der Waals surface area contributed by atoms with Gasteiger partial charge in [-0.05, 0) is 38.2 Å². The predicted octanol–water partition coefficient (Wildman–Crippen LogP) is 2.20. The molecule has 0 aromatic heterocycles. The lowest BCUT2D eigenvalue weighted by atomic mass is 9.81. The minimum Gasteiger partial charge on any atom is -0.390 e. The standard InChI is InChI=1S/C21H30O7/c1-12(2)15(22)17-14(13-11-24-20(26-13)7-3-4-8-20)16(23)18-19(25-17)28-21(27-18)9-5-6-10-21/h13-14,16-19,23H,1,3-11H2,2H3/t13?,14-,16-,17?,18+,19-/m0/s1.